The predicted octanol–water partition coefficient (Wildman–Crippen LogP) is 2.03. The van der Waals surface area contributed by atoms with Gasteiger partial charge in [0, 0.05) is 18.4 Å². The summed E-state index contributed by atoms with van der Waals surface area (Å²) in [6.45, 7) is 10.1. The van der Waals surface area contributed by atoms with E-state index in [9.17, 15) is 15.0 Å². The monoisotopic (exact) mass is 306 g/mol. The molecule has 0 saturated heterocycles. The number of ether oxygens (including phenoxy) is 1. The summed E-state index contributed by atoms with van der Waals surface area (Å²) in [6.07, 6.45) is 6.35. The van der Waals surface area contributed by atoms with Crippen molar-refractivity contribution in [2.75, 3.05) is 13.2 Å². The van der Waals surface area contributed by atoms with E-state index in [1.807, 2.05) is 19.1 Å². The lowest BCUT2D eigenvalue weighted by Gasteiger charge is -2.23. The quantitative estimate of drug-likeness (QED) is 0.558. The summed E-state index contributed by atoms with van der Waals surface area (Å²) in [4.78, 5) is 12.0. The van der Waals surface area contributed by atoms with Gasteiger partial charge in [0.05, 0.1) is 12.7 Å². The molecule has 0 heterocycles. The highest BCUT2D eigenvalue weighted by atomic mass is 16.5. The maximum absolute atomic E-state index is 12.0. The van der Waals surface area contributed by atoms with E-state index in [4.69, 9.17) is 4.74 Å². The van der Waals surface area contributed by atoms with Gasteiger partial charge in [0.2, 0.25) is 0 Å². The summed E-state index contributed by atoms with van der Waals surface area (Å²) in [7, 11) is 0. The molecule has 0 radical (unpaired) electrons. The number of carbonyl (C=O) groups excluding carboxylic acids is 1. The van der Waals surface area contributed by atoms with Crippen LogP contribution in [-0.2, 0) is 9.53 Å². The minimum atomic E-state index is -1.09. The van der Waals surface area contributed by atoms with Gasteiger partial charge in [-0.15, -0.1) is 6.58 Å². The molecular weight excluding hydrogens is 280 g/mol. The van der Waals surface area contributed by atoms with E-state index in [0.717, 1.165) is 0 Å². The van der Waals surface area contributed by atoms with Crippen LogP contribution in [0.25, 0.3) is 0 Å². The average Bonchev–Trinajstić information content (AvgIpc) is 2.94. The van der Waals surface area contributed by atoms with Crippen LogP contribution in [0, 0.1) is 17.8 Å². The van der Waals surface area contributed by atoms with Gasteiger partial charge in [-0.25, -0.2) is 0 Å². The van der Waals surface area contributed by atoms with E-state index in [1.54, 1.807) is 0 Å². The zero-order valence-electron chi connectivity index (χ0n) is 13.2. The van der Waals surface area contributed by atoms with Crippen LogP contribution >= 0.6 is 0 Å². The maximum atomic E-state index is 12.0. The number of rotatable bonds is 7. The Kier molecular flexibility index (Phi) is 5.37. The molecule has 2 aliphatic rings. The number of hydrogen-bond donors (Lipinski definition) is 2. The highest BCUT2D eigenvalue weighted by Gasteiger charge is 2.49. The first-order valence-corrected chi connectivity index (χ1v) is 7.92. The van der Waals surface area contributed by atoms with E-state index >= 15 is 0 Å². The molecule has 2 rings (SSSR count). The lowest BCUT2D eigenvalue weighted by atomic mass is 9.89. The Labute approximate surface area is 132 Å². The molecule has 2 N–H and O–H groups in total. The molecule has 0 spiro atoms. The summed E-state index contributed by atoms with van der Waals surface area (Å²) in [5, 5.41) is 20.5. The summed E-state index contributed by atoms with van der Waals surface area (Å²) in [5.41, 5.74) is -0.413. The molecule has 5 atom stereocenters. The number of ketones is 1. The van der Waals surface area contributed by atoms with Crippen molar-refractivity contribution in [3.8, 4) is 0 Å². The van der Waals surface area contributed by atoms with Crippen molar-refractivity contribution in [3.05, 3.63) is 37.0 Å². The third-order valence-corrected chi connectivity index (χ3v) is 4.88. The number of aliphatic hydroxyl groups excluding tert-OH is 1. The Hall–Kier alpha value is -1.23. The molecule has 0 aliphatic heterocycles. The van der Waals surface area contributed by atoms with Gasteiger partial charge in [0.1, 0.15) is 5.60 Å². The first kappa shape index (κ1) is 17.1. The van der Waals surface area contributed by atoms with E-state index in [1.165, 1.54) is 6.08 Å². The molecule has 2 saturated carbocycles. The summed E-state index contributed by atoms with van der Waals surface area (Å²) < 4.78 is 5.27. The predicted molar refractivity (Wildman–Crippen MR) is 85.3 cm³/mol. The fourth-order valence-corrected chi connectivity index (χ4v) is 3.55. The summed E-state index contributed by atoms with van der Waals surface area (Å²) in [5.74, 6) is 0.127. The normalized spacial score (nSPS) is 34.1. The van der Waals surface area contributed by atoms with Crippen LogP contribution in [0.3, 0.4) is 0 Å². The van der Waals surface area contributed by atoms with E-state index in [2.05, 4.69) is 13.2 Å². The fraction of sp³-hybridized carbons (Fsp3) is 0.611. The molecule has 0 aromatic carbocycles. The second-order valence-corrected chi connectivity index (χ2v) is 6.40. The number of Topliss-reactive ketones (excluding diaryl/α,β-unsaturated/α-hetero) is 1. The second-order valence-electron chi connectivity index (χ2n) is 6.40. The molecule has 2 fully saturated rings. The van der Waals surface area contributed by atoms with Crippen molar-refractivity contribution >= 4 is 5.78 Å². The molecule has 22 heavy (non-hydrogen) atoms. The highest BCUT2D eigenvalue weighted by Crippen LogP contribution is 2.48. The van der Waals surface area contributed by atoms with Crippen LogP contribution < -0.4 is 0 Å². The number of hydrogen-bond acceptors (Lipinski definition) is 4. The summed E-state index contributed by atoms with van der Waals surface area (Å²) >= 11 is 0. The smallest absolute Gasteiger partial charge is 0.161 e. The van der Waals surface area contributed by atoms with Crippen molar-refractivity contribution in [2.24, 2.45) is 17.8 Å². The van der Waals surface area contributed by atoms with Gasteiger partial charge in [0.25, 0.3) is 0 Å². The van der Waals surface area contributed by atoms with Gasteiger partial charge < -0.3 is 14.9 Å². The minimum Gasteiger partial charge on any atom is -0.392 e. The van der Waals surface area contributed by atoms with Gasteiger partial charge in [-0.05, 0) is 37.7 Å². The van der Waals surface area contributed by atoms with Crippen LogP contribution in [-0.4, -0.2) is 40.9 Å². The molecule has 0 amide bonds. The van der Waals surface area contributed by atoms with Crippen LogP contribution in [0.1, 0.15) is 26.2 Å². The first-order valence-electron chi connectivity index (χ1n) is 7.92. The molecular formula is C18H26O4. The lowest BCUT2D eigenvalue weighted by Crippen LogP contribution is -2.31. The molecule has 1 unspecified atom stereocenters. The minimum absolute atomic E-state index is 0.0469. The van der Waals surface area contributed by atoms with Gasteiger partial charge in [-0.1, -0.05) is 24.8 Å². The Morgan fingerprint density at radius 2 is 2.23 bits per heavy atom. The largest absolute Gasteiger partial charge is 0.392 e. The van der Waals surface area contributed by atoms with E-state index in [-0.39, 0.29) is 30.1 Å². The number of carbonyl (C=O) groups is 1. The van der Waals surface area contributed by atoms with Crippen molar-refractivity contribution in [1.29, 1.82) is 0 Å². The zero-order valence-corrected chi connectivity index (χ0v) is 13.2. The Morgan fingerprint density at radius 3 is 2.86 bits per heavy atom. The van der Waals surface area contributed by atoms with Crippen LogP contribution in [0.5, 0.6) is 0 Å². The third kappa shape index (κ3) is 3.40. The fourth-order valence-electron chi connectivity index (χ4n) is 3.55. The molecule has 0 bridgehead atoms. The van der Waals surface area contributed by atoms with E-state index < -0.39 is 11.7 Å². The standard InChI is InChI=1S/C18H26O4/c1-4-18(21,11-22-5-2)8-6-7-13-14-9-12(3)17(20)15(14)10-16(13)19/h4,6-7,13-16,19,21H,1,3,5,8-11H2,2H3/t13-,14-,15-,16-,18?/m0/s1. The molecule has 2 aliphatic carbocycles. The highest BCUT2D eigenvalue weighted by molar-refractivity contribution is 5.99. The SMILES string of the molecule is C=CC(O)(CC=C[C@H]1[C@@H]2CC(=C)C(=O)[C@H]2C[C@@H]1O)COCC. The molecule has 122 valence electrons. The Morgan fingerprint density at radius 1 is 1.50 bits per heavy atom. The van der Waals surface area contributed by atoms with Crippen LogP contribution in [0.2, 0.25) is 0 Å². The molecule has 4 nitrogen and oxygen atoms in total. The van der Waals surface area contributed by atoms with Gasteiger partial charge in [-0.2, -0.15) is 0 Å². The molecule has 4 heteroatoms. The van der Waals surface area contributed by atoms with Gasteiger partial charge >= 0.3 is 0 Å². The molecule has 0 aromatic rings. The van der Waals surface area contributed by atoms with Crippen LogP contribution in [0.4, 0.5) is 0 Å². The third-order valence-electron chi connectivity index (χ3n) is 4.88. The van der Waals surface area contributed by atoms with Crippen LogP contribution in [0.15, 0.2) is 37.0 Å². The zero-order chi connectivity index (χ0) is 16.3. The van der Waals surface area contributed by atoms with Crippen molar-refractivity contribution in [2.45, 2.75) is 37.9 Å². The lowest BCUT2D eigenvalue weighted by molar-refractivity contribution is -0.118. The van der Waals surface area contributed by atoms with Gasteiger partial charge in [0.15, 0.2) is 5.78 Å². The average molecular weight is 306 g/mol. The van der Waals surface area contributed by atoms with Crippen molar-refractivity contribution in [3.63, 3.8) is 0 Å². The Bertz CT molecular complexity index is 481. The summed E-state index contributed by atoms with van der Waals surface area (Å²) in [6, 6.07) is 0. The Balaban J connectivity index is 1.99. The van der Waals surface area contributed by atoms with Gasteiger partial charge in [-0.3, -0.25) is 4.79 Å². The maximum Gasteiger partial charge on any atom is 0.161 e. The number of allylic oxidation sites excluding steroid dienone is 1. The van der Waals surface area contributed by atoms with Crippen molar-refractivity contribution in [1.82, 2.24) is 0 Å². The topological polar surface area (TPSA) is 66.8 Å². The van der Waals surface area contributed by atoms with E-state index in [0.29, 0.717) is 31.4 Å². The molecule has 0 aromatic heterocycles. The number of fused-ring (bicyclic) bond motifs is 1. The second kappa shape index (κ2) is 6.90. The van der Waals surface area contributed by atoms with Crippen molar-refractivity contribution < 1.29 is 19.7 Å². The number of aliphatic hydroxyl groups is 2. The first-order chi connectivity index (χ1) is 10.4.